The van der Waals surface area contributed by atoms with Crippen LogP contribution in [-0.2, 0) is 4.74 Å². The number of ether oxygens (including phenoxy) is 1. The molecule has 0 saturated carbocycles. The second-order valence-corrected chi connectivity index (χ2v) is 6.43. The normalized spacial score (nSPS) is 36.2. The van der Waals surface area contributed by atoms with Gasteiger partial charge in [0.15, 0.2) is 0 Å². The van der Waals surface area contributed by atoms with Crippen molar-refractivity contribution >= 4 is 11.8 Å². The Kier molecular flexibility index (Phi) is 5.46. The SMILES string of the molecule is CCC1CC(NCC2CCCCS2)CCO1. The van der Waals surface area contributed by atoms with Crippen molar-refractivity contribution in [2.75, 3.05) is 18.9 Å². The molecule has 94 valence electrons. The molecule has 2 saturated heterocycles. The van der Waals surface area contributed by atoms with E-state index in [-0.39, 0.29) is 0 Å². The molecule has 0 bridgehead atoms. The Labute approximate surface area is 104 Å². The van der Waals surface area contributed by atoms with E-state index in [2.05, 4.69) is 24.0 Å². The van der Waals surface area contributed by atoms with Gasteiger partial charge in [-0.2, -0.15) is 11.8 Å². The summed E-state index contributed by atoms with van der Waals surface area (Å²) in [6.45, 7) is 4.39. The Morgan fingerprint density at radius 1 is 1.31 bits per heavy atom. The molecule has 0 aromatic rings. The van der Waals surface area contributed by atoms with Crippen molar-refractivity contribution in [3.63, 3.8) is 0 Å². The molecular formula is C13H25NOS. The maximum atomic E-state index is 5.70. The monoisotopic (exact) mass is 243 g/mol. The molecule has 3 heteroatoms. The van der Waals surface area contributed by atoms with Gasteiger partial charge in [-0.05, 0) is 37.9 Å². The number of rotatable bonds is 4. The Morgan fingerprint density at radius 3 is 3.00 bits per heavy atom. The summed E-state index contributed by atoms with van der Waals surface area (Å²) in [6.07, 6.45) is 8.36. The summed E-state index contributed by atoms with van der Waals surface area (Å²) < 4.78 is 5.70. The molecule has 0 spiro atoms. The van der Waals surface area contributed by atoms with E-state index in [4.69, 9.17) is 4.74 Å². The van der Waals surface area contributed by atoms with Gasteiger partial charge in [-0.3, -0.25) is 0 Å². The molecule has 2 nitrogen and oxygen atoms in total. The van der Waals surface area contributed by atoms with Crippen LogP contribution >= 0.6 is 11.8 Å². The number of thioether (sulfide) groups is 1. The molecule has 0 aliphatic carbocycles. The maximum Gasteiger partial charge on any atom is 0.0587 e. The third kappa shape index (κ3) is 3.94. The molecule has 16 heavy (non-hydrogen) atoms. The molecule has 2 rings (SSSR count). The molecule has 2 aliphatic rings. The lowest BCUT2D eigenvalue weighted by Crippen LogP contribution is -2.41. The average Bonchev–Trinajstić information content (AvgIpc) is 2.38. The molecule has 2 aliphatic heterocycles. The lowest BCUT2D eigenvalue weighted by atomic mass is 10.0. The summed E-state index contributed by atoms with van der Waals surface area (Å²) in [6, 6.07) is 0.709. The van der Waals surface area contributed by atoms with Crippen LogP contribution in [-0.4, -0.2) is 36.3 Å². The van der Waals surface area contributed by atoms with Crippen LogP contribution in [0.2, 0.25) is 0 Å². The zero-order valence-electron chi connectivity index (χ0n) is 10.4. The van der Waals surface area contributed by atoms with Crippen LogP contribution in [0.3, 0.4) is 0 Å². The van der Waals surface area contributed by atoms with Crippen LogP contribution in [0.1, 0.15) is 45.4 Å². The van der Waals surface area contributed by atoms with E-state index in [1.165, 1.54) is 44.4 Å². The third-order valence-electron chi connectivity index (χ3n) is 3.73. The first kappa shape index (κ1) is 12.7. The van der Waals surface area contributed by atoms with Crippen LogP contribution in [0.25, 0.3) is 0 Å². The molecular weight excluding hydrogens is 218 g/mol. The van der Waals surface area contributed by atoms with E-state index < -0.39 is 0 Å². The largest absolute Gasteiger partial charge is 0.378 e. The Morgan fingerprint density at radius 2 is 2.25 bits per heavy atom. The molecule has 3 atom stereocenters. The van der Waals surface area contributed by atoms with Crippen molar-refractivity contribution in [2.24, 2.45) is 0 Å². The van der Waals surface area contributed by atoms with Gasteiger partial charge in [0.2, 0.25) is 0 Å². The summed E-state index contributed by atoms with van der Waals surface area (Å²) in [5, 5.41) is 4.63. The first-order valence-corrected chi connectivity index (χ1v) is 7.90. The fourth-order valence-electron chi connectivity index (χ4n) is 2.62. The van der Waals surface area contributed by atoms with Gasteiger partial charge in [-0.1, -0.05) is 13.3 Å². The van der Waals surface area contributed by atoms with Crippen molar-refractivity contribution in [3.8, 4) is 0 Å². The molecule has 3 unspecified atom stereocenters. The lowest BCUT2D eigenvalue weighted by molar-refractivity contribution is 0.0000560. The number of nitrogens with one attached hydrogen (secondary N) is 1. The first-order valence-electron chi connectivity index (χ1n) is 6.85. The molecule has 0 radical (unpaired) electrons. The van der Waals surface area contributed by atoms with E-state index in [9.17, 15) is 0 Å². The van der Waals surface area contributed by atoms with Crippen molar-refractivity contribution in [1.82, 2.24) is 5.32 Å². The van der Waals surface area contributed by atoms with Gasteiger partial charge >= 0.3 is 0 Å². The van der Waals surface area contributed by atoms with E-state index in [1.54, 1.807) is 0 Å². The fourth-order valence-corrected chi connectivity index (χ4v) is 3.87. The van der Waals surface area contributed by atoms with E-state index in [1.807, 2.05) is 0 Å². The summed E-state index contributed by atoms with van der Waals surface area (Å²) in [4.78, 5) is 0. The number of hydrogen-bond acceptors (Lipinski definition) is 3. The summed E-state index contributed by atoms with van der Waals surface area (Å²) in [5.41, 5.74) is 0. The minimum atomic E-state index is 0.505. The lowest BCUT2D eigenvalue weighted by Gasteiger charge is -2.31. The first-order chi connectivity index (χ1) is 7.88. The third-order valence-corrected chi connectivity index (χ3v) is 5.13. The van der Waals surface area contributed by atoms with Gasteiger partial charge in [0, 0.05) is 24.4 Å². The van der Waals surface area contributed by atoms with E-state index in [0.717, 1.165) is 18.3 Å². The van der Waals surface area contributed by atoms with Crippen molar-refractivity contribution in [1.29, 1.82) is 0 Å². The highest BCUT2D eigenvalue weighted by Crippen LogP contribution is 2.25. The average molecular weight is 243 g/mol. The standard InChI is InChI=1S/C13H25NOS/c1-2-12-9-11(6-7-15-12)14-10-13-5-3-4-8-16-13/h11-14H,2-10H2,1H3. The van der Waals surface area contributed by atoms with Gasteiger partial charge in [0.25, 0.3) is 0 Å². The maximum absolute atomic E-state index is 5.70. The Balaban J connectivity index is 1.64. The van der Waals surface area contributed by atoms with Crippen LogP contribution in [0.5, 0.6) is 0 Å². The van der Waals surface area contributed by atoms with Crippen LogP contribution in [0.4, 0.5) is 0 Å². The van der Waals surface area contributed by atoms with Gasteiger partial charge in [-0.15, -0.1) is 0 Å². The fraction of sp³-hybridized carbons (Fsp3) is 1.00. The van der Waals surface area contributed by atoms with Gasteiger partial charge < -0.3 is 10.1 Å². The molecule has 0 aromatic heterocycles. The predicted octanol–water partition coefficient (Wildman–Crippen LogP) is 2.82. The van der Waals surface area contributed by atoms with Crippen molar-refractivity contribution < 1.29 is 4.74 Å². The summed E-state index contributed by atoms with van der Waals surface area (Å²) in [7, 11) is 0. The predicted molar refractivity (Wildman–Crippen MR) is 71.2 cm³/mol. The highest BCUT2D eigenvalue weighted by molar-refractivity contribution is 7.99. The summed E-state index contributed by atoms with van der Waals surface area (Å²) in [5.74, 6) is 1.37. The second kappa shape index (κ2) is 6.87. The number of hydrogen-bond donors (Lipinski definition) is 1. The van der Waals surface area contributed by atoms with E-state index in [0.29, 0.717) is 12.1 Å². The van der Waals surface area contributed by atoms with Crippen molar-refractivity contribution in [2.45, 2.75) is 62.8 Å². The van der Waals surface area contributed by atoms with Gasteiger partial charge in [-0.25, -0.2) is 0 Å². The minimum Gasteiger partial charge on any atom is -0.378 e. The van der Waals surface area contributed by atoms with Crippen LogP contribution < -0.4 is 5.32 Å². The summed E-state index contributed by atoms with van der Waals surface area (Å²) >= 11 is 2.16. The van der Waals surface area contributed by atoms with Crippen LogP contribution in [0.15, 0.2) is 0 Å². The Hall–Kier alpha value is 0.270. The smallest absolute Gasteiger partial charge is 0.0587 e. The van der Waals surface area contributed by atoms with Crippen molar-refractivity contribution in [3.05, 3.63) is 0 Å². The minimum absolute atomic E-state index is 0.505. The van der Waals surface area contributed by atoms with E-state index >= 15 is 0 Å². The molecule has 0 amide bonds. The highest BCUT2D eigenvalue weighted by Gasteiger charge is 2.22. The molecule has 0 aromatic carbocycles. The molecule has 2 heterocycles. The van der Waals surface area contributed by atoms with Gasteiger partial charge in [0.05, 0.1) is 6.10 Å². The Bertz CT molecular complexity index is 194. The molecule has 2 fully saturated rings. The zero-order chi connectivity index (χ0) is 11.2. The quantitative estimate of drug-likeness (QED) is 0.820. The van der Waals surface area contributed by atoms with Gasteiger partial charge in [0.1, 0.15) is 0 Å². The topological polar surface area (TPSA) is 21.3 Å². The molecule has 1 N–H and O–H groups in total. The second-order valence-electron chi connectivity index (χ2n) is 5.02. The van der Waals surface area contributed by atoms with Crippen LogP contribution in [0, 0.1) is 0 Å². The highest BCUT2D eigenvalue weighted by atomic mass is 32.2. The zero-order valence-corrected chi connectivity index (χ0v) is 11.2.